The molecule has 2 rings (SSSR count). The Balaban J connectivity index is 2.49. The summed E-state index contributed by atoms with van der Waals surface area (Å²) in [6.45, 7) is 0. The zero-order valence-corrected chi connectivity index (χ0v) is 13.4. The molecule has 106 valence electrons. The summed E-state index contributed by atoms with van der Waals surface area (Å²) in [7, 11) is 0. The number of carbonyl (C=O) groups is 1. The highest BCUT2D eigenvalue weighted by Gasteiger charge is 2.15. The highest BCUT2D eigenvalue weighted by molar-refractivity contribution is 9.10. The molecule has 0 aliphatic carbocycles. The molecular formula is C15H10BrNO3S. The van der Waals surface area contributed by atoms with Crippen LogP contribution in [0.4, 0.5) is 0 Å². The first-order chi connectivity index (χ1) is 10.1. The number of aromatic carboxylic acids is 1. The van der Waals surface area contributed by atoms with Crippen molar-refractivity contribution in [2.45, 2.75) is 4.90 Å². The Morgan fingerprint density at radius 3 is 2.71 bits per heavy atom. The minimum absolute atomic E-state index is 0.0304. The molecule has 2 aromatic carbocycles. The van der Waals surface area contributed by atoms with Crippen LogP contribution in [0.2, 0.25) is 0 Å². The molecule has 0 heterocycles. The van der Waals surface area contributed by atoms with E-state index in [4.69, 9.17) is 4.74 Å². The number of nitrogens with zero attached hydrogens (tertiary/aromatic N) is 1. The van der Waals surface area contributed by atoms with Gasteiger partial charge in [0.25, 0.3) is 0 Å². The highest BCUT2D eigenvalue weighted by atomic mass is 79.9. The third-order valence-electron chi connectivity index (χ3n) is 2.71. The SMILES string of the molecule is CSc1cccc(Oc2ccc(Br)cc2C(=O)O)c1C#N. The summed E-state index contributed by atoms with van der Waals surface area (Å²) in [5, 5.41) is 18.5. The fourth-order valence-electron chi connectivity index (χ4n) is 1.75. The molecule has 4 nitrogen and oxygen atoms in total. The summed E-state index contributed by atoms with van der Waals surface area (Å²) >= 11 is 4.66. The number of carboxylic acids is 1. The summed E-state index contributed by atoms with van der Waals surface area (Å²) < 4.78 is 6.30. The van der Waals surface area contributed by atoms with E-state index in [1.807, 2.05) is 12.3 Å². The van der Waals surface area contributed by atoms with E-state index >= 15 is 0 Å². The molecule has 0 aliphatic heterocycles. The van der Waals surface area contributed by atoms with E-state index in [2.05, 4.69) is 22.0 Å². The second-order valence-electron chi connectivity index (χ2n) is 3.99. The van der Waals surface area contributed by atoms with Crippen LogP contribution in [0.3, 0.4) is 0 Å². The Labute approximate surface area is 134 Å². The summed E-state index contributed by atoms with van der Waals surface area (Å²) in [6, 6.07) is 12.0. The van der Waals surface area contributed by atoms with Crippen LogP contribution < -0.4 is 4.74 Å². The number of benzene rings is 2. The van der Waals surface area contributed by atoms with Gasteiger partial charge < -0.3 is 9.84 Å². The number of halogens is 1. The molecule has 21 heavy (non-hydrogen) atoms. The van der Waals surface area contributed by atoms with Crippen molar-refractivity contribution in [3.8, 4) is 17.6 Å². The van der Waals surface area contributed by atoms with Crippen LogP contribution in [0, 0.1) is 11.3 Å². The predicted molar refractivity (Wildman–Crippen MR) is 84.1 cm³/mol. The van der Waals surface area contributed by atoms with Crippen LogP contribution in [0.15, 0.2) is 45.8 Å². The van der Waals surface area contributed by atoms with Gasteiger partial charge in [0.05, 0.1) is 0 Å². The van der Waals surface area contributed by atoms with Gasteiger partial charge >= 0.3 is 5.97 Å². The number of carboxylic acid groups (broad SMARTS) is 1. The van der Waals surface area contributed by atoms with Crippen molar-refractivity contribution < 1.29 is 14.6 Å². The van der Waals surface area contributed by atoms with Crippen molar-refractivity contribution >= 4 is 33.7 Å². The van der Waals surface area contributed by atoms with Crippen molar-refractivity contribution in [1.82, 2.24) is 0 Å². The molecule has 0 fully saturated rings. The number of hydrogen-bond acceptors (Lipinski definition) is 4. The van der Waals surface area contributed by atoms with Crippen LogP contribution in [0.25, 0.3) is 0 Å². The Kier molecular flexibility index (Phi) is 4.89. The number of thioether (sulfide) groups is 1. The van der Waals surface area contributed by atoms with Gasteiger partial charge in [0.2, 0.25) is 0 Å². The van der Waals surface area contributed by atoms with Crippen molar-refractivity contribution in [1.29, 1.82) is 5.26 Å². The lowest BCUT2D eigenvalue weighted by molar-refractivity contribution is 0.0694. The van der Waals surface area contributed by atoms with E-state index in [-0.39, 0.29) is 11.3 Å². The van der Waals surface area contributed by atoms with Gasteiger partial charge in [0, 0.05) is 9.37 Å². The minimum atomic E-state index is -1.09. The maximum atomic E-state index is 11.3. The lowest BCUT2D eigenvalue weighted by atomic mass is 10.2. The summed E-state index contributed by atoms with van der Waals surface area (Å²) in [5.41, 5.74) is 0.423. The monoisotopic (exact) mass is 363 g/mol. The number of nitriles is 1. The number of rotatable bonds is 4. The second-order valence-corrected chi connectivity index (χ2v) is 5.76. The van der Waals surface area contributed by atoms with Gasteiger partial charge in [-0.1, -0.05) is 22.0 Å². The fraction of sp³-hybridized carbons (Fsp3) is 0.0667. The molecule has 0 radical (unpaired) electrons. The molecule has 0 atom stereocenters. The molecule has 0 aromatic heterocycles. The third-order valence-corrected chi connectivity index (χ3v) is 3.98. The molecule has 0 saturated carbocycles. The van der Waals surface area contributed by atoms with E-state index in [1.165, 1.54) is 17.8 Å². The van der Waals surface area contributed by atoms with Crippen LogP contribution in [0.5, 0.6) is 11.5 Å². The average molecular weight is 364 g/mol. The zero-order valence-electron chi connectivity index (χ0n) is 11.0. The van der Waals surface area contributed by atoms with Gasteiger partial charge in [-0.3, -0.25) is 0 Å². The summed E-state index contributed by atoms with van der Waals surface area (Å²) in [4.78, 5) is 12.1. The van der Waals surface area contributed by atoms with E-state index in [0.717, 1.165) is 4.90 Å². The Morgan fingerprint density at radius 2 is 2.10 bits per heavy atom. The van der Waals surface area contributed by atoms with Crippen molar-refractivity contribution in [3.05, 3.63) is 52.0 Å². The van der Waals surface area contributed by atoms with Crippen LogP contribution in [0.1, 0.15) is 15.9 Å². The molecular weight excluding hydrogens is 354 g/mol. The smallest absolute Gasteiger partial charge is 0.339 e. The van der Waals surface area contributed by atoms with Crippen molar-refractivity contribution in [2.75, 3.05) is 6.26 Å². The van der Waals surface area contributed by atoms with Gasteiger partial charge in [-0.15, -0.1) is 11.8 Å². The van der Waals surface area contributed by atoms with Gasteiger partial charge in [0.1, 0.15) is 28.7 Å². The molecule has 0 spiro atoms. The van der Waals surface area contributed by atoms with Crippen LogP contribution in [-0.4, -0.2) is 17.3 Å². The summed E-state index contributed by atoms with van der Waals surface area (Å²) in [6.07, 6.45) is 1.86. The maximum Gasteiger partial charge on any atom is 0.339 e. The predicted octanol–water partition coefficient (Wildman–Crippen LogP) is 4.53. The summed E-state index contributed by atoms with van der Waals surface area (Å²) in [5.74, 6) is -0.555. The van der Waals surface area contributed by atoms with Gasteiger partial charge in [0.15, 0.2) is 0 Å². The average Bonchev–Trinajstić information content (AvgIpc) is 2.48. The first-order valence-electron chi connectivity index (χ1n) is 5.84. The van der Waals surface area contributed by atoms with Gasteiger partial charge in [-0.2, -0.15) is 5.26 Å². The molecule has 0 saturated heterocycles. The Bertz CT molecular complexity index is 740. The standard InChI is InChI=1S/C15H10BrNO3S/c1-21-14-4-2-3-12(11(14)8-17)20-13-6-5-9(16)7-10(13)15(18)19/h2-7H,1H3,(H,18,19). The third kappa shape index (κ3) is 3.38. The van der Waals surface area contributed by atoms with E-state index < -0.39 is 5.97 Å². The topological polar surface area (TPSA) is 70.3 Å². The van der Waals surface area contributed by atoms with Crippen molar-refractivity contribution in [2.24, 2.45) is 0 Å². The normalized spacial score (nSPS) is 9.95. The zero-order chi connectivity index (χ0) is 15.4. The first-order valence-corrected chi connectivity index (χ1v) is 7.86. The molecule has 1 N–H and O–H groups in total. The highest BCUT2D eigenvalue weighted by Crippen LogP contribution is 2.33. The van der Waals surface area contributed by atoms with Crippen LogP contribution >= 0.6 is 27.7 Å². The van der Waals surface area contributed by atoms with E-state index in [9.17, 15) is 15.2 Å². The van der Waals surface area contributed by atoms with E-state index in [0.29, 0.717) is 15.8 Å². The Morgan fingerprint density at radius 1 is 1.33 bits per heavy atom. The fourth-order valence-corrected chi connectivity index (χ4v) is 2.68. The lowest BCUT2D eigenvalue weighted by Crippen LogP contribution is -2.01. The lowest BCUT2D eigenvalue weighted by Gasteiger charge is -2.12. The van der Waals surface area contributed by atoms with Crippen molar-refractivity contribution in [3.63, 3.8) is 0 Å². The largest absolute Gasteiger partial charge is 0.478 e. The minimum Gasteiger partial charge on any atom is -0.478 e. The molecule has 0 bridgehead atoms. The number of ether oxygens (including phenoxy) is 1. The molecule has 6 heteroatoms. The molecule has 2 aromatic rings. The second kappa shape index (κ2) is 6.66. The molecule has 0 amide bonds. The Hall–Kier alpha value is -1.97. The first kappa shape index (κ1) is 15.4. The molecule has 0 aliphatic rings. The van der Waals surface area contributed by atoms with Gasteiger partial charge in [-0.25, -0.2) is 4.79 Å². The van der Waals surface area contributed by atoms with E-state index in [1.54, 1.807) is 24.3 Å². The maximum absolute atomic E-state index is 11.3. The van der Waals surface area contributed by atoms with Crippen LogP contribution in [-0.2, 0) is 0 Å². The quantitative estimate of drug-likeness (QED) is 0.807. The molecule has 0 unspecified atom stereocenters. The number of hydrogen-bond donors (Lipinski definition) is 1. The van der Waals surface area contributed by atoms with Gasteiger partial charge in [-0.05, 0) is 36.6 Å².